The molecule has 2 aromatic carbocycles. The van der Waals surface area contributed by atoms with Crippen LogP contribution in [0, 0.1) is 0 Å². The van der Waals surface area contributed by atoms with Gasteiger partial charge in [0, 0.05) is 33.1 Å². The van der Waals surface area contributed by atoms with Crippen molar-refractivity contribution in [2.75, 3.05) is 0 Å². The third-order valence-electron chi connectivity index (χ3n) is 4.48. The van der Waals surface area contributed by atoms with Crippen molar-refractivity contribution in [3.05, 3.63) is 96.1 Å². The molecule has 0 spiro atoms. The Kier molecular flexibility index (Phi) is 5.53. The molecule has 0 amide bonds. The van der Waals surface area contributed by atoms with Crippen LogP contribution in [-0.4, -0.2) is 37.1 Å². The molecule has 160 valence electrons. The number of hydrogen-bond donors (Lipinski definition) is 0. The number of aromatic nitrogens is 6. The summed E-state index contributed by atoms with van der Waals surface area (Å²) in [6, 6.07) is 12.4. The van der Waals surface area contributed by atoms with E-state index >= 15 is 0 Å². The second-order valence-corrected chi connectivity index (χ2v) is 6.89. The number of nitrogens with zero attached hydrogens (tertiary/aromatic N) is 8. The molecule has 0 saturated carbocycles. The molecule has 0 saturated heterocycles. The number of ketones is 1. The molecular formula is C21H18N8O3. The second kappa shape index (κ2) is 8.60. The Bertz CT molecular complexity index is 1220. The lowest BCUT2D eigenvalue weighted by atomic mass is 10.0. The molecule has 4 rings (SSSR count). The SMILES string of the molecule is Cn1c[n+](/N=C(\[O-])c2ccc(C(=O)c3ccc(/C([O-])=N\[n+]4cnn(C)c4)cc3)cc2)cn1. The van der Waals surface area contributed by atoms with Gasteiger partial charge < -0.3 is 10.2 Å². The molecule has 11 nitrogen and oxygen atoms in total. The van der Waals surface area contributed by atoms with Crippen molar-refractivity contribution in [3.8, 4) is 0 Å². The van der Waals surface area contributed by atoms with Gasteiger partial charge in [-0.3, -0.25) is 4.79 Å². The zero-order valence-corrected chi connectivity index (χ0v) is 17.2. The molecule has 0 aliphatic heterocycles. The van der Waals surface area contributed by atoms with Crippen LogP contribution in [0.25, 0.3) is 0 Å². The van der Waals surface area contributed by atoms with Gasteiger partial charge in [0.05, 0.1) is 14.1 Å². The number of carbonyl (C=O) groups excluding carboxylic acids is 1. The van der Waals surface area contributed by atoms with E-state index in [9.17, 15) is 15.0 Å². The molecule has 0 aliphatic carbocycles. The topological polar surface area (TPSA) is 131 Å². The van der Waals surface area contributed by atoms with Crippen molar-refractivity contribution >= 4 is 17.6 Å². The average Bonchev–Trinajstić information content (AvgIpc) is 3.40. The van der Waals surface area contributed by atoms with Crippen molar-refractivity contribution in [1.29, 1.82) is 0 Å². The number of aryl methyl sites for hydroxylation is 2. The van der Waals surface area contributed by atoms with Gasteiger partial charge in [0.15, 0.2) is 5.78 Å². The average molecular weight is 430 g/mol. The van der Waals surface area contributed by atoms with Crippen LogP contribution in [0.1, 0.15) is 27.0 Å². The normalized spacial score (nSPS) is 12.2. The molecule has 0 radical (unpaired) electrons. The van der Waals surface area contributed by atoms with E-state index in [2.05, 4.69) is 20.4 Å². The summed E-state index contributed by atoms with van der Waals surface area (Å²) in [4.78, 5) is 12.7. The van der Waals surface area contributed by atoms with E-state index in [1.165, 1.54) is 55.6 Å². The van der Waals surface area contributed by atoms with Crippen LogP contribution >= 0.6 is 0 Å². The molecule has 0 bridgehead atoms. The molecule has 2 aromatic heterocycles. The third-order valence-corrected chi connectivity index (χ3v) is 4.48. The third kappa shape index (κ3) is 4.56. The first kappa shape index (κ1) is 20.6. The minimum absolute atomic E-state index is 0.236. The van der Waals surface area contributed by atoms with Gasteiger partial charge in [-0.15, -0.1) is 28.9 Å². The standard InChI is InChI=1S/C21H18N8O3/c1-26-13-28(11-22-26)24-20(31)17-7-3-15(4-8-17)19(30)16-5-9-18(10-6-16)21(32)25-29-12-23-27(2)14-29/h3-14H,1-2H3. The molecule has 2 heterocycles. The predicted octanol–water partition coefficient (Wildman–Crippen LogP) is -1.90. The van der Waals surface area contributed by atoms with Gasteiger partial charge in [-0.1, -0.05) is 48.5 Å². The summed E-state index contributed by atoms with van der Waals surface area (Å²) in [6.45, 7) is 0. The fraction of sp³-hybridized carbons (Fsp3) is 0.0952. The van der Waals surface area contributed by atoms with Crippen LogP contribution in [-0.2, 0) is 14.1 Å². The predicted molar refractivity (Wildman–Crippen MR) is 107 cm³/mol. The Labute approximate surface area is 182 Å². The van der Waals surface area contributed by atoms with Crippen LogP contribution in [0.3, 0.4) is 0 Å². The molecule has 11 heteroatoms. The second-order valence-electron chi connectivity index (χ2n) is 6.89. The fourth-order valence-electron chi connectivity index (χ4n) is 2.85. The summed E-state index contributed by atoms with van der Waals surface area (Å²) < 4.78 is 5.65. The number of benzene rings is 2. The minimum atomic E-state index is -0.458. The maximum atomic E-state index is 12.7. The quantitative estimate of drug-likeness (QED) is 0.153. The van der Waals surface area contributed by atoms with Gasteiger partial charge in [-0.2, -0.15) is 0 Å². The lowest BCUT2D eigenvalue weighted by molar-refractivity contribution is -0.682. The maximum Gasteiger partial charge on any atom is 0.288 e. The van der Waals surface area contributed by atoms with Gasteiger partial charge in [-0.25, -0.2) is 0 Å². The number of rotatable bonds is 6. The maximum absolute atomic E-state index is 12.7. The van der Waals surface area contributed by atoms with E-state index in [4.69, 9.17) is 0 Å². The van der Waals surface area contributed by atoms with Crippen LogP contribution in [0.5, 0.6) is 0 Å². The zero-order chi connectivity index (χ0) is 22.7. The van der Waals surface area contributed by atoms with Gasteiger partial charge in [0.25, 0.3) is 12.7 Å². The summed E-state index contributed by atoms with van der Waals surface area (Å²) in [5.74, 6) is -1.15. The molecule has 0 unspecified atom stereocenters. The van der Waals surface area contributed by atoms with Crippen molar-refractivity contribution in [3.63, 3.8) is 0 Å². The van der Waals surface area contributed by atoms with E-state index < -0.39 is 11.8 Å². The lowest BCUT2D eigenvalue weighted by Gasteiger charge is -2.10. The minimum Gasteiger partial charge on any atom is -0.856 e. The van der Waals surface area contributed by atoms with E-state index in [0.717, 1.165) is 0 Å². The summed E-state index contributed by atoms with van der Waals surface area (Å²) in [5.41, 5.74) is 1.50. The zero-order valence-electron chi connectivity index (χ0n) is 17.2. The van der Waals surface area contributed by atoms with Crippen LogP contribution in [0.2, 0.25) is 0 Å². The molecule has 0 aliphatic rings. The molecular weight excluding hydrogens is 412 g/mol. The fourth-order valence-corrected chi connectivity index (χ4v) is 2.85. The largest absolute Gasteiger partial charge is 0.856 e. The smallest absolute Gasteiger partial charge is 0.288 e. The van der Waals surface area contributed by atoms with Crippen LogP contribution in [0.4, 0.5) is 0 Å². The van der Waals surface area contributed by atoms with Crippen LogP contribution in [0.15, 0.2) is 84.0 Å². The van der Waals surface area contributed by atoms with E-state index in [1.807, 2.05) is 0 Å². The van der Waals surface area contributed by atoms with Crippen molar-refractivity contribution < 1.29 is 24.4 Å². The van der Waals surface area contributed by atoms with Gasteiger partial charge in [0.2, 0.25) is 12.7 Å². The number of hydrogen-bond acceptors (Lipinski definition) is 7. The van der Waals surface area contributed by atoms with Crippen LogP contribution < -0.4 is 19.6 Å². The Morgan fingerprint density at radius 2 is 1.06 bits per heavy atom. The summed E-state index contributed by atoms with van der Waals surface area (Å²) in [6.07, 6.45) is 5.92. The first-order valence-corrected chi connectivity index (χ1v) is 9.46. The Morgan fingerprint density at radius 3 is 1.38 bits per heavy atom. The lowest BCUT2D eigenvalue weighted by Crippen LogP contribution is -2.32. The Hall–Kier alpha value is -4.67. The molecule has 0 atom stereocenters. The van der Waals surface area contributed by atoms with Gasteiger partial charge in [-0.05, 0) is 11.1 Å². The highest BCUT2D eigenvalue weighted by Crippen LogP contribution is 2.12. The summed E-state index contributed by atoms with van der Waals surface area (Å²) >= 11 is 0. The van der Waals surface area contributed by atoms with Crippen molar-refractivity contribution in [1.82, 2.24) is 19.6 Å². The Morgan fingerprint density at radius 1 is 0.719 bits per heavy atom. The number of carbonyl (C=O) groups is 1. The van der Waals surface area contributed by atoms with E-state index in [0.29, 0.717) is 22.3 Å². The summed E-state index contributed by atoms with van der Waals surface area (Å²) in [5, 5.41) is 40.2. The molecule has 4 aromatic rings. The van der Waals surface area contributed by atoms with E-state index in [-0.39, 0.29) is 5.78 Å². The first-order chi connectivity index (χ1) is 15.4. The molecule has 0 fully saturated rings. The molecule has 0 N–H and O–H groups in total. The monoisotopic (exact) mass is 430 g/mol. The molecule has 32 heavy (non-hydrogen) atoms. The van der Waals surface area contributed by atoms with E-state index in [1.54, 1.807) is 51.0 Å². The Balaban J connectivity index is 1.48. The highest BCUT2D eigenvalue weighted by Gasteiger charge is 2.10. The first-order valence-electron chi connectivity index (χ1n) is 9.46. The van der Waals surface area contributed by atoms with Crippen molar-refractivity contribution in [2.45, 2.75) is 0 Å². The highest BCUT2D eigenvalue weighted by atomic mass is 16.3. The highest BCUT2D eigenvalue weighted by molar-refractivity contribution is 6.09. The van der Waals surface area contributed by atoms with Gasteiger partial charge in [0.1, 0.15) is 0 Å². The van der Waals surface area contributed by atoms with Gasteiger partial charge >= 0.3 is 0 Å². The van der Waals surface area contributed by atoms with Crippen molar-refractivity contribution in [2.24, 2.45) is 24.3 Å². The summed E-state index contributed by atoms with van der Waals surface area (Å²) in [7, 11) is 3.43.